The average Bonchev–Trinajstić information content (AvgIpc) is 2.48. The molecule has 0 amide bonds. The predicted octanol–water partition coefficient (Wildman–Crippen LogP) is 2.40. The van der Waals surface area contributed by atoms with Crippen LogP contribution in [-0.2, 0) is 10.0 Å². The molecular weight excluding hydrogens is 336 g/mol. The van der Waals surface area contributed by atoms with E-state index in [-0.39, 0.29) is 17.8 Å². The molecule has 2 N–H and O–H groups in total. The summed E-state index contributed by atoms with van der Waals surface area (Å²) in [6.07, 6.45) is 1.96. The summed E-state index contributed by atoms with van der Waals surface area (Å²) in [4.78, 5) is 0.336. The van der Waals surface area contributed by atoms with Crippen molar-refractivity contribution < 1.29 is 13.2 Å². The van der Waals surface area contributed by atoms with Gasteiger partial charge in [0, 0.05) is 6.54 Å². The van der Waals surface area contributed by atoms with Crippen LogP contribution in [0, 0.1) is 19.3 Å². The largest absolute Gasteiger partial charge is 0.496 e. The van der Waals surface area contributed by atoms with Crippen LogP contribution >= 0.6 is 12.4 Å². The molecule has 0 spiro atoms. The molecule has 0 aromatic heterocycles. The molecule has 1 saturated heterocycles. The number of rotatable bonds is 5. The zero-order valence-electron chi connectivity index (χ0n) is 14.2. The van der Waals surface area contributed by atoms with Gasteiger partial charge in [0.2, 0.25) is 10.0 Å². The zero-order chi connectivity index (χ0) is 16.4. The van der Waals surface area contributed by atoms with E-state index < -0.39 is 10.0 Å². The highest BCUT2D eigenvalue weighted by atomic mass is 35.5. The summed E-state index contributed by atoms with van der Waals surface area (Å²) >= 11 is 0. The van der Waals surface area contributed by atoms with Crippen molar-refractivity contribution in [2.75, 3.05) is 26.7 Å². The van der Waals surface area contributed by atoms with Crippen LogP contribution in [0.5, 0.6) is 5.75 Å². The fourth-order valence-corrected chi connectivity index (χ4v) is 4.34. The summed E-state index contributed by atoms with van der Waals surface area (Å²) < 4.78 is 33.3. The van der Waals surface area contributed by atoms with Gasteiger partial charge in [0.25, 0.3) is 0 Å². The van der Waals surface area contributed by atoms with E-state index in [0.29, 0.717) is 22.8 Å². The number of halogens is 1. The monoisotopic (exact) mass is 362 g/mol. The SMILES string of the molecule is COc1cc(C)c(S(=O)(=O)NCC2(C)CCNCC2)cc1C.Cl. The van der Waals surface area contributed by atoms with Crippen molar-refractivity contribution in [3.05, 3.63) is 23.3 Å². The molecule has 0 radical (unpaired) electrons. The van der Waals surface area contributed by atoms with Crippen LogP contribution in [0.1, 0.15) is 30.9 Å². The van der Waals surface area contributed by atoms with Crippen molar-refractivity contribution in [3.63, 3.8) is 0 Å². The topological polar surface area (TPSA) is 67.4 Å². The Morgan fingerprint density at radius 2 is 1.83 bits per heavy atom. The molecule has 7 heteroatoms. The van der Waals surface area contributed by atoms with Gasteiger partial charge >= 0.3 is 0 Å². The molecule has 1 aliphatic heterocycles. The van der Waals surface area contributed by atoms with Gasteiger partial charge in [0.15, 0.2) is 0 Å². The molecule has 0 saturated carbocycles. The summed E-state index contributed by atoms with van der Waals surface area (Å²) in [6, 6.07) is 3.46. The summed E-state index contributed by atoms with van der Waals surface area (Å²) in [6.45, 7) is 8.15. The molecule has 0 bridgehead atoms. The van der Waals surface area contributed by atoms with Gasteiger partial charge in [-0.15, -0.1) is 12.4 Å². The van der Waals surface area contributed by atoms with E-state index in [1.807, 2.05) is 6.92 Å². The van der Waals surface area contributed by atoms with Crippen molar-refractivity contribution in [2.24, 2.45) is 5.41 Å². The van der Waals surface area contributed by atoms with Crippen molar-refractivity contribution in [3.8, 4) is 5.75 Å². The van der Waals surface area contributed by atoms with Crippen molar-refractivity contribution >= 4 is 22.4 Å². The van der Waals surface area contributed by atoms with E-state index in [2.05, 4.69) is 17.0 Å². The summed E-state index contributed by atoms with van der Waals surface area (Å²) in [5.41, 5.74) is 1.54. The van der Waals surface area contributed by atoms with E-state index in [9.17, 15) is 8.42 Å². The number of methoxy groups -OCH3 is 1. The van der Waals surface area contributed by atoms with Gasteiger partial charge in [-0.2, -0.15) is 0 Å². The maximum absolute atomic E-state index is 12.6. The Morgan fingerprint density at radius 1 is 1.22 bits per heavy atom. The number of hydrogen-bond donors (Lipinski definition) is 2. The molecule has 1 heterocycles. The number of piperidine rings is 1. The van der Waals surface area contributed by atoms with Crippen LogP contribution in [-0.4, -0.2) is 35.2 Å². The predicted molar refractivity (Wildman–Crippen MR) is 95.1 cm³/mol. The van der Waals surface area contributed by atoms with Gasteiger partial charge in [-0.1, -0.05) is 6.92 Å². The van der Waals surface area contributed by atoms with Gasteiger partial charge in [-0.3, -0.25) is 0 Å². The lowest BCUT2D eigenvalue weighted by Gasteiger charge is -2.34. The summed E-state index contributed by atoms with van der Waals surface area (Å²) in [5, 5.41) is 3.31. The highest BCUT2D eigenvalue weighted by Crippen LogP contribution is 2.29. The lowest BCUT2D eigenvalue weighted by Crippen LogP contribution is -2.42. The van der Waals surface area contributed by atoms with Gasteiger partial charge in [-0.25, -0.2) is 13.1 Å². The highest BCUT2D eigenvalue weighted by Gasteiger charge is 2.29. The Labute approximate surface area is 145 Å². The third-order valence-corrected chi connectivity index (χ3v) is 6.02. The normalized spacial score (nSPS) is 17.4. The van der Waals surface area contributed by atoms with E-state index in [1.54, 1.807) is 26.2 Å². The first-order valence-electron chi connectivity index (χ1n) is 7.63. The fourth-order valence-electron chi connectivity index (χ4n) is 2.83. The highest BCUT2D eigenvalue weighted by molar-refractivity contribution is 7.89. The number of hydrogen-bond acceptors (Lipinski definition) is 4. The second-order valence-electron chi connectivity index (χ2n) is 6.47. The third kappa shape index (κ3) is 4.83. The van der Waals surface area contributed by atoms with Gasteiger partial charge < -0.3 is 10.1 Å². The number of ether oxygens (including phenoxy) is 1. The maximum Gasteiger partial charge on any atom is 0.240 e. The minimum atomic E-state index is -3.50. The minimum absolute atomic E-state index is 0. The van der Waals surface area contributed by atoms with Crippen LogP contribution < -0.4 is 14.8 Å². The van der Waals surface area contributed by atoms with E-state index in [1.165, 1.54) is 0 Å². The van der Waals surface area contributed by atoms with E-state index >= 15 is 0 Å². The molecule has 0 aliphatic carbocycles. The van der Waals surface area contributed by atoms with Crippen molar-refractivity contribution in [1.82, 2.24) is 10.0 Å². The average molecular weight is 363 g/mol. The molecular formula is C16H27ClN2O3S. The lowest BCUT2D eigenvalue weighted by atomic mass is 9.81. The molecule has 0 atom stereocenters. The van der Waals surface area contributed by atoms with Crippen LogP contribution in [0.25, 0.3) is 0 Å². The first kappa shape index (κ1) is 20.2. The van der Waals surface area contributed by atoms with Crippen molar-refractivity contribution in [1.29, 1.82) is 0 Å². The van der Waals surface area contributed by atoms with Gasteiger partial charge in [-0.05, 0) is 68.5 Å². The quantitative estimate of drug-likeness (QED) is 0.844. The van der Waals surface area contributed by atoms with Crippen LogP contribution in [0.4, 0.5) is 0 Å². The Balaban J connectivity index is 0.00000264. The molecule has 0 unspecified atom stereocenters. The Hall–Kier alpha value is -0.820. The van der Waals surface area contributed by atoms with Crippen LogP contribution in [0.3, 0.4) is 0 Å². The van der Waals surface area contributed by atoms with E-state index in [4.69, 9.17) is 4.74 Å². The smallest absolute Gasteiger partial charge is 0.240 e. The van der Waals surface area contributed by atoms with Gasteiger partial charge in [0.1, 0.15) is 5.75 Å². The van der Waals surface area contributed by atoms with Crippen LogP contribution in [0.15, 0.2) is 17.0 Å². The number of sulfonamides is 1. The summed E-state index contributed by atoms with van der Waals surface area (Å²) in [7, 11) is -1.91. The second-order valence-corrected chi connectivity index (χ2v) is 8.21. The number of benzene rings is 1. The molecule has 1 fully saturated rings. The number of aryl methyl sites for hydroxylation is 2. The first-order chi connectivity index (χ1) is 10.3. The molecule has 132 valence electrons. The summed E-state index contributed by atoms with van der Waals surface area (Å²) in [5.74, 6) is 0.710. The van der Waals surface area contributed by atoms with Crippen molar-refractivity contribution in [2.45, 2.75) is 38.5 Å². The fraction of sp³-hybridized carbons (Fsp3) is 0.625. The zero-order valence-corrected chi connectivity index (χ0v) is 15.9. The molecule has 5 nitrogen and oxygen atoms in total. The van der Waals surface area contributed by atoms with E-state index in [0.717, 1.165) is 31.5 Å². The first-order valence-corrected chi connectivity index (χ1v) is 9.11. The number of nitrogens with one attached hydrogen (secondary N) is 2. The lowest BCUT2D eigenvalue weighted by molar-refractivity contribution is 0.232. The Bertz CT molecular complexity index is 641. The molecule has 1 aliphatic rings. The Kier molecular flexibility index (Phi) is 6.89. The maximum atomic E-state index is 12.6. The Morgan fingerprint density at radius 3 is 2.39 bits per heavy atom. The van der Waals surface area contributed by atoms with Gasteiger partial charge in [0.05, 0.1) is 12.0 Å². The molecule has 1 aromatic rings. The second kappa shape index (κ2) is 7.83. The minimum Gasteiger partial charge on any atom is -0.496 e. The standard InChI is InChI=1S/C16H26N2O3S.ClH/c1-12-10-15(13(2)9-14(12)21-4)22(19,20)18-11-16(3)5-7-17-8-6-16;/h9-10,17-18H,5-8,11H2,1-4H3;1H. The molecule has 2 rings (SSSR count). The third-order valence-electron chi connectivity index (χ3n) is 4.48. The molecule has 1 aromatic carbocycles. The van der Waals surface area contributed by atoms with Crippen LogP contribution in [0.2, 0.25) is 0 Å². The molecule has 23 heavy (non-hydrogen) atoms.